The molecule has 160 valence electrons. The normalized spacial score (nSPS) is 14.2. The zero-order valence-electron chi connectivity index (χ0n) is 17.3. The number of carboxylic acids is 1. The molecule has 0 saturated carbocycles. The third-order valence-electron chi connectivity index (χ3n) is 5.35. The Bertz CT molecular complexity index is 1200. The van der Waals surface area contributed by atoms with Crippen LogP contribution in [0.2, 0.25) is 0 Å². The van der Waals surface area contributed by atoms with Gasteiger partial charge in [0.1, 0.15) is 23.2 Å². The van der Waals surface area contributed by atoms with E-state index in [1.165, 1.54) is 18.2 Å². The molecule has 0 unspecified atom stereocenters. The Kier molecular flexibility index (Phi) is 6.04. The van der Waals surface area contributed by atoms with Crippen LogP contribution in [0.1, 0.15) is 16.1 Å². The summed E-state index contributed by atoms with van der Waals surface area (Å²) in [5.74, 6) is -0.539. The van der Waals surface area contributed by atoms with E-state index in [1.54, 1.807) is 29.2 Å². The van der Waals surface area contributed by atoms with Gasteiger partial charge in [0, 0.05) is 43.5 Å². The Hall–Kier alpha value is -4.31. The third-order valence-corrected chi connectivity index (χ3v) is 5.35. The van der Waals surface area contributed by atoms with E-state index >= 15 is 0 Å². The molecule has 1 fully saturated rings. The molecule has 1 saturated heterocycles. The molecule has 2 aromatic carbocycles. The number of carboxylic acid groups (broad SMARTS) is 1. The number of piperazine rings is 1. The quantitative estimate of drug-likeness (QED) is 0.490. The number of nitriles is 1. The molecule has 0 radical (unpaired) electrons. The van der Waals surface area contributed by atoms with Crippen molar-refractivity contribution >= 4 is 23.6 Å². The van der Waals surface area contributed by atoms with Gasteiger partial charge < -0.3 is 19.3 Å². The SMILES string of the molecule is N#C/C(=C\c1ccc(-c2cccc(C(=O)O)c2)o1)C(=O)N1CCN(c2ccccc2)CC1. The van der Waals surface area contributed by atoms with Crippen LogP contribution in [0.25, 0.3) is 17.4 Å². The van der Waals surface area contributed by atoms with Crippen LogP contribution in [0.15, 0.2) is 76.7 Å². The van der Waals surface area contributed by atoms with E-state index in [0.717, 1.165) is 5.69 Å². The van der Waals surface area contributed by atoms with Gasteiger partial charge in [0.2, 0.25) is 0 Å². The summed E-state index contributed by atoms with van der Waals surface area (Å²) in [6.45, 7) is 2.44. The Labute approximate surface area is 185 Å². The van der Waals surface area contributed by atoms with Crippen LogP contribution < -0.4 is 4.90 Å². The van der Waals surface area contributed by atoms with E-state index in [1.807, 2.05) is 36.4 Å². The fourth-order valence-electron chi connectivity index (χ4n) is 3.65. The van der Waals surface area contributed by atoms with Gasteiger partial charge in [-0.25, -0.2) is 4.79 Å². The number of furan rings is 1. The lowest BCUT2D eigenvalue weighted by atomic mass is 10.1. The fraction of sp³-hybridized carbons (Fsp3) is 0.160. The van der Waals surface area contributed by atoms with Crippen LogP contribution in [0.3, 0.4) is 0 Å². The fourth-order valence-corrected chi connectivity index (χ4v) is 3.65. The van der Waals surface area contributed by atoms with E-state index < -0.39 is 5.97 Å². The first-order valence-electron chi connectivity index (χ1n) is 10.2. The van der Waals surface area contributed by atoms with Crippen molar-refractivity contribution < 1.29 is 19.1 Å². The molecule has 1 aliphatic rings. The molecule has 1 aromatic heterocycles. The van der Waals surface area contributed by atoms with Crippen molar-refractivity contribution in [3.05, 3.63) is 83.6 Å². The van der Waals surface area contributed by atoms with Gasteiger partial charge in [-0.05, 0) is 36.4 Å². The van der Waals surface area contributed by atoms with Gasteiger partial charge in [-0.15, -0.1) is 0 Å². The molecule has 0 aliphatic carbocycles. The van der Waals surface area contributed by atoms with Crippen molar-refractivity contribution in [3.8, 4) is 17.4 Å². The van der Waals surface area contributed by atoms with Gasteiger partial charge in [0.05, 0.1) is 5.56 Å². The Morgan fingerprint density at radius 3 is 2.41 bits per heavy atom. The second kappa shape index (κ2) is 9.23. The third kappa shape index (κ3) is 4.55. The average Bonchev–Trinajstić information content (AvgIpc) is 3.31. The molecular weight excluding hydrogens is 406 g/mol. The van der Waals surface area contributed by atoms with E-state index in [9.17, 15) is 14.9 Å². The van der Waals surface area contributed by atoms with Gasteiger partial charge in [0.25, 0.3) is 5.91 Å². The topological polar surface area (TPSA) is 97.8 Å². The maximum Gasteiger partial charge on any atom is 0.335 e. The number of aromatic carboxylic acids is 1. The molecule has 0 atom stereocenters. The van der Waals surface area contributed by atoms with Crippen molar-refractivity contribution in [3.63, 3.8) is 0 Å². The van der Waals surface area contributed by atoms with Gasteiger partial charge in [0.15, 0.2) is 0 Å². The lowest BCUT2D eigenvalue weighted by molar-refractivity contribution is -0.126. The number of nitrogens with zero attached hydrogens (tertiary/aromatic N) is 3. The number of rotatable bonds is 5. The summed E-state index contributed by atoms with van der Waals surface area (Å²) >= 11 is 0. The van der Waals surface area contributed by atoms with Crippen molar-refractivity contribution in [2.75, 3.05) is 31.1 Å². The molecule has 32 heavy (non-hydrogen) atoms. The van der Waals surface area contributed by atoms with Gasteiger partial charge >= 0.3 is 5.97 Å². The number of carbonyl (C=O) groups excluding carboxylic acids is 1. The monoisotopic (exact) mass is 427 g/mol. The van der Waals surface area contributed by atoms with Crippen LogP contribution in [0.4, 0.5) is 5.69 Å². The summed E-state index contributed by atoms with van der Waals surface area (Å²) in [5.41, 5.74) is 1.87. The number of hydrogen-bond acceptors (Lipinski definition) is 5. The molecule has 3 aromatic rings. The number of benzene rings is 2. The smallest absolute Gasteiger partial charge is 0.335 e. The Balaban J connectivity index is 1.46. The van der Waals surface area contributed by atoms with Gasteiger partial charge in [-0.3, -0.25) is 4.79 Å². The number of amides is 1. The molecule has 7 nitrogen and oxygen atoms in total. The second-order valence-electron chi connectivity index (χ2n) is 7.37. The lowest BCUT2D eigenvalue weighted by Crippen LogP contribution is -2.49. The van der Waals surface area contributed by atoms with E-state index in [-0.39, 0.29) is 17.0 Å². The van der Waals surface area contributed by atoms with Crippen molar-refractivity contribution in [1.29, 1.82) is 5.26 Å². The van der Waals surface area contributed by atoms with Crippen molar-refractivity contribution in [1.82, 2.24) is 4.90 Å². The van der Waals surface area contributed by atoms with Crippen LogP contribution in [-0.4, -0.2) is 48.1 Å². The standard InChI is InChI=1S/C25H21N3O4/c26-17-20(24(29)28-13-11-27(12-14-28)21-7-2-1-3-8-21)16-22-9-10-23(32-22)18-5-4-6-19(15-18)25(30)31/h1-10,15-16H,11-14H2,(H,30,31)/b20-16+. The minimum absolute atomic E-state index is 0.00153. The molecule has 4 rings (SSSR count). The zero-order valence-corrected chi connectivity index (χ0v) is 17.3. The molecular formula is C25H21N3O4. The highest BCUT2D eigenvalue weighted by molar-refractivity contribution is 6.01. The number of hydrogen-bond donors (Lipinski definition) is 1. The average molecular weight is 427 g/mol. The molecule has 1 aliphatic heterocycles. The summed E-state index contributed by atoms with van der Waals surface area (Å²) in [6.07, 6.45) is 1.43. The predicted molar refractivity (Wildman–Crippen MR) is 120 cm³/mol. The summed E-state index contributed by atoms with van der Waals surface area (Å²) in [6, 6.07) is 21.7. The summed E-state index contributed by atoms with van der Waals surface area (Å²) in [5, 5.41) is 18.7. The maximum atomic E-state index is 12.9. The summed E-state index contributed by atoms with van der Waals surface area (Å²) in [7, 11) is 0. The molecule has 2 heterocycles. The number of para-hydroxylation sites is 1. The minimum atomic E-state index is -1.02. The first-order valence-corrected chi connectivity index (χ1v) is 10.2. The molecule has 7 heteroatoms. The molecule has 0 bridgehead atoms. The molecule has 1 amide bonds. The summed E-state index contributed by atoms with van der Waals surface area (Å²) < 4.78 is 5.75. The van der Waals surface area contributed by atoms with Crippen molar-refractivity contribution in [2.24, 2.45) is 0 Å². The molecule has 1 N–H and O–H groups in total. The van der Waals surface area contributed by atoms with E-state index in [0.29, 0.717) is 43.3 Å². The minimum Gasteiger partial charge on any atom is -0.478 e. The van der Waals surface area contributed by atoms with Crippen molar-refractivity contribution in [2.45, 2.75) is 0 Å². The first kappa shape index (κ1) is 20.9. The highest BCUT2D eigenvalue weighted by Gasteiger charge is 2.24. The summed E-state index contributed by atoms with van der Waals surface area (Å²) in [4.78, 5) is 27.9. The van der Waals surface area contributed by atoms with Crippen LogP contribution in [-0.2, 0) is 4.79 Å². The van der Waals surface area contributed by atoms with Crippen LogP contribution in [0.5, 0.6) is 0 Å². The first-order chi connectivity index (χ1) is 15.5. The zero-order chi connectivity index (χ0) is 22.5. The maximum absolute atomic E-state index is 12.9. The molecule has 0 spiro atoms. The van der Waals surface area contributed by atoms with Crippen LogP contribution in [0, 0.1) is 11.3 Å². The number of carbonyl (C=O) groups is 2. The van der Waals surface area contributed by atoms with Gasteiger partial charge in [-0.1, -0.05) is 30.3 Å². The number of anilines is 1. The Morgan fingerprint density at radius 2 is 1.72 bits per heavy atom. The van der Waals surface area contributed by atoms with E-state index in [4.69, 9.17) is 9.52 Å². The van der Waals surface area contributed by atoms with E-state index in [2.05, 4.69) is 4.90 Å². The second-order valence-corrected chi connectivity index (χ2v) is 7.37. The highest BCUT2D eigenvalue weighted by Crippen LogP contribution is 2.25. The largest absolute Gasteiger partial charge is 0.478 e. The predicted octanol–water partition coefficient (Wildman–Crippen LogP) is 3.90. The lowest BCUT2D eigenvalue weighted by Gasteiger charge is -2.36. The highest BCUT2D eigenvalue weighted by atomic mass is 16.4. The Morgan fingerprint density at radius 1 is 0.969 bits per heavy atom. The van der Waals surface area contributed by atoms with Crippen LogP contribution >= 0.6 is 0 Å². The van der Waals surface area contributed by atoms with Gasteiger partial charge in [-0.2, -0.15) is 5.26 Å².